The summed E-state index contributed by atoms with van der Waals surface area (Å²) >= 11 is 0. The van der Waals surface area contributed by atoms with Crippen molar-refractivity contribution in [1.29, 1.82) is 0 Å². The van der Waals surface area contributed by atoms with Crippen molar-refractivity contribution in [3.8, 4) is 0 Å². The second kappa shape index (κ2) is 7.04. The average molecular weight is 190 g/mol. The molecule has 0 aliphatic rings. The van der Waals surface area contributed by atoms with Crippen molar-refractivity contribution in [2.24, 2.45) is 9.98 Å². The molecule has 0 aromatic carbocycles. The smallest absolute Gasteiger partial charge is 0.437 e. The van der Waals surface area contributed by atoms with E-state index in [0.29, 0.717) is 0 Å². The van der Waals surface area contributed by atoms with Gasteiger partial charge in [0.05, 0.1) is 21.3 Å². The lowest BCUT2D eigenvalue weighted by Crippen LogP contribution is -2.04. The van der Waals surface area contributed by atoms with E-state index in [4.69, 9.17) is 0 Å². The largest absolute Gasteiger partial charge is 0.467 e. The fourth-order valence-electron chi connectivity index (χ4n) is 0.361. The maximum absolute atomic E-state index is 10.6. The molecule has 7 nitrogen and oxygen atoms in total. The van der Waals surface area contributed by atoms with Gasteiger partial charge in [0.15, 0.2) is 0 Å². The van der Waals surface area contributed by atoms with E-state index in [1.165, 1.54) is 21.3 Å². The van der Waals surface area contributed by atoms with E-state index >= 15 is 0 Å². The van der Waals surface area contributed by atoms with E-state index in [1.54, 1.807) is 0 Å². The van der Waals surface area contributed by atoms with Crippen molar-refractivity contribution in [2.45, 2.75) is 0 Å². The van der Waals surface area contributed by atoms with E-state index < -0.39 is 6.09 Å². The van der Waals surface area contributed by atoms with Gasteiger partial charge in [-0.1, -0.05) is 0 Å². The van der Waals surface area contributed by atoms with E-state index in [-0.39, 0.29) is 6.02 Å². The Labute approximate surface area is 74.9 Å². The summed E-state index contributed by atoms with van der Waals surface area (Å²) in [7, 11) is 3.79. The van der Waals surface area contributed by atoms with Crippen LogP contribution in [0.2, 0.25) is 0 Å². The van der Waals surface area contributed by atoms with Crippen LogP contribution < -0.4 is 0 Å². The minimum absolute atomic E-state index is 0.191. The molecule has 0 aromatic rings. The lowest BCUT2D eigenvalue weighted by Gasteiger charge is -1.96. The normalized spacial score (nSPS) is 11.5. The molecule has 74 valence electrons. The molecule has 0 saturated heterocycles. The van der Waals surface area contributed by atoms with Crippen molar-refractivity contribution in [3.63, 3.8) is 0 Å². The lowest BCUT2D eigenvalue weighted by atomic mass is 11.0. The number of amides is 1. The summed E-state index contributed by atoms with van der Waals surface area (Å²) in [6.07, 6.45) is 0.108. The van der Waals surface area contributed by atoms with Crippen molar-refractivity contribution >= 4 is 18.5 Å². The second-order valence-electron chi connectivity index (χ2n) is 1.57. The predicted molar refractivity (Wildman–Crippen MR) is 43.4 cm³/mol. The Morgan fingerprint density at radius 1 is 1.23 bits per heavy atom. The molecular formula is C6H10N2O5. The Balaban J connectivity index is 4.16. The Kier molecular flexibility index (Phi) is 6.16. The standard InChI is InChI=1S/C6H10N2O5/c1-10-5(7-4-13-12-3)8-6(9)11-2/h4H,1-3H3/b7-4+,8-5-. The van der Waals surface area contributed by atoms with Crippen LogP contribution in [-0.2, 0) is 19.2 Å². The Hall–Kier alpha value is -1.63. The van der Waals surface area contributed by atoms with Crippen molar-refractivity contribution in [1.82, 2.24) is 0 Å². The number of aliphatic imine (C=N–C) groups is 2. The fourth-order valence-corrected chi connectivity index (χ4v) is 0.361. The molecule has 0 spiro atoms. The quantitative estimate of drug-likeness (QED) is 0.272. The maximum atomic E-state index is 10.6. The van der Waals surface area contributed by atoms with Gasteiger partial charge in [-0.25, -0.2) is 4.79 Å². The van der Waals surface area contributed by atoms with E-state index in [0.717, 1.165) is 6.40 Å². The van der Waals surface area contributed by atoms with Crippen LogP contribution in [0.4, 0.5) is 4.79 Å². The third-order valence-electron chi connectivity index (χ3n) is 0.847. The monoisotopic (exact) mass is 190 g/mol. The zero-order valence-electron chi connectivity index (χ0n) is 7.51. The Morgan fingerprint density at radius 2 is 1.92 bits per heavy atom. The zero-order valence-corrected chi connectivity index (χ0v) is 7.51. The third kappa shape index (κ3) is 5.62. The number of hydrogen-bond acceptors (Lipinski definition) is 5. The molecule has 7 heteroatoms. The number of hydrogen-bond donors (Lipinski definition) is 0. The molecule has 0 aliphatic heterocycles. The first-order valence-corrected chi connectivity index (χ1v) is 3.17. The molecular weight excluding hydrogens is 180 g/mol. The van der Waals surface area contributed by atoms with Crippen LogP contribution in [0.3, 0.4) is 0 Å². The lowest BCUT2D eigenvalue weighted by molar-refractivity contribution is -0.187. The van der Waals surface area contributed by atoms with Crippen molar-refractivity contribution in [3.05, 3.63) is 0 Å². The van der Waals surface area contributed by atoms with E-state index in [9.17, 15) is 4.79 Å². The number of methoxy groups -OCH3 is 2. The highest BCUT2D eigenvalue weighted by Gasteiger charge is 2.00. The van der Waals surface area contributed by atoms with Crippen LogP contribution in [0.5, 0.6) is 0 Å². The summed E-state index contributed by atoms with van der Waals surface area (Å²) in [5, 5.41) is 0. The Bertz CT molecular complexity index is 213. The molecule has 0 bridgehead atoms. The number of rotatable bonds is 2. The molecule has 0 aromatic heterocycles. The highest BCUT2D eigenvalue weighted by molar-refractivity contribution is 5.89. The summed E-state index contributed by atoms with van der Waals surface area (Å²) < 4.78 is 8.82. The highest BCUT2D eigenvalue weighted by atomic mass is 17.2. The van der Waals surface area contributed by atoms with Gasteiger partial charge in [0.1, 0.15) is 0 Å². The minimum atomic E-state index is -0.814. The molecule has 0 aliphatic carbocycles. The van der Waals surface area contributed by atoms with E-state index in [1.807, 2.05) is 0 Å². The van der Waals surface area contributed by atoms with Crippen LogP contribution in [-0.4, -0.2) is 39.8 Å². The highest BCUT2D eigenvalue weighted by Crippen LogP contribution is 1.86. The third-order valence-corrected chi connectivity index (χ3v) is 0.847. The summed E-state index contributed by atoms with van der Waals surface area (Å²) in [6.45, 7) is 0. The first kappa shape index (κ1) is 11.4. The summed E-state index contributed by atoms with van der Waals surface area (Å²) in [5.74, 6) is 0. The number of carbonyl (C=O) groups excluding carboxylic acids is 1. The average Bonchev–Trinajstić information content (AvgIpc) is 2.16. The van der Waals surface area contributed by atoms with Crippen LogP contribution in [0, 0.1) is 0 Å². The molecule has 0 N–H and O–H groups in total. The van der Waals surface area contributed by atoms with Gasteiger partial charge >= 0.3 is 12.1 Å². The van der Waals surface area contributed by atoms with Crippen LogP contribution in [0.15, 0.2) is 9.98 Å². The van der Waals surface area contributed by atoms with Gasteiger partial charge in [-0.2, -0.15) is 9.88 Å². The molecule has 0 fully saturated rings. The zero-order chi connectivity index (χ0) is 10.1. The molecule has 0 rings (SSSR count). The number of amidine groups is 1. The SMILES string of the molecule is COO/C=N/C(=N/C(=O)OC)OC. The summed E-state index contributed by atoms with van der Waals surface area (Å²) in [4.78, 5) is 25.8. The predicted octanol–water partition coefficient (Wildman–Crippen LogP) is 0.361. The van der Waals surface area contributed by atoms with Gasteiger partial charge < -0.3 is 14.4 Å². The van der Waals surface area contributed by atoms with Gasteiger partial charge in [-0.15, -0.1) is 4.99 Å². The molecule has 0 unspecified atom stereocenters. The second-order valence-corrected chi connectivity index (χ2v) is 1.57. The van der Waals surface area contributed by atoms with Gasteiger partial charge in [-0.3, -0.25) is 0 Å². The van der Waals surface area contributed by atoms with E-state index in [2.05, 4.69) is 29.2 Å². The molecule has 1 amide bonds. The minimum Gasteiger partial charge on any atom is -0.467 e. The topological polar surface area (TPSA) is 78.7 Å². The van der Waals surface area contributed by atoms with Crippen LogP contribution in [0.25, 0.3) is 0 Å². The van der Waals surface area contributed by atoms with Crippen molar-refractivity contribution in [2.75, 3.05) is 21.3 Å². The van der Waals surface area contributed by atoms with Crippen LogP contribution in [0.1, 0.15) is 0 Å². The number of ether oxygens (including phenoxy) is 2. The molecule has 0 radical (unpaired) electrons. The Morgan fingerprint density at radius 3 is 2.38 bits per heavy atom. The van der Waals surface area contributed by atoms with Crippen molar-refractivity contribution < 1.29 is 24.0 Å². The molecule has 0 heterocycles. The van der Waals surface area contributed by atoms with Gasteiger partial charge in [0, 0.05) is 0 Å². The fraction of sp³-hybridized carbons (Fsp3) is 0.500. The van der Waals surface area contributed by atoms with Gasteiger partial charge in [0.2, 0.25) is 6.40 Å². The van der Waals surface area contributed by atoms with Crippen LogP contribution >= 0.6 is 0 Å². The maximum Gasteiger partial charge on any atom is 0.437 e. The van der Waals surface area contributed by atoms with Gasteiger partial charge in [0.25, 0.3) is 0 Å². The summed E-state index contributed by atoms with van der Waals surface area (Å²) in [5.41, 5.74) is 0. The van der Waals surface area contributed by atoms with Gasteiger partial charge in [-0.05, 0) is 0 Å². The number of nitrogens with zero attached hydrogens (tertiary/aromatic N) is 2. The first-order chi connectivity index (χ1) is 6.24. The summed E-state index contributed by atoms with van der Waals surface area (Å²) in [6, 6.07) is -0.191. The molecule has 0 saturated carbocycles. The number of carbonyl (C=O) groups is 1. The first-order valence-electron chi connectivity index (χ1n) is 3.17. The molecule has 13 heavy (non-hydrogen) atoms. The molecule has 0 atom stereocenters.